The lowest BCUT2D eigenvalue weighted by atomic mass is 10.1. The molecule has 0 spiro atoms. The zero-order valence-corrected chi connectivity index (χ0v) is 61.9. The van der Waals surface area contributed by atoms with E-state index in [1.807, 2.05) is 185 Å². The van der Waals surface area contributed by atoms with Crippen LogP contribution < -0.4 is 14.2 Å². The van der Waals surface area contributed by atoms with Gasteiger partial charge >= 0.3 is 6.18 Å². The van der Waals surface area contributed by atoms with Crippen LogP contribution in [-0.4, -0.2) is 108 Å². The molecular formula is C87H57F9N18O3. The molecule has 0 saturated carbocycles. The molecule has 21 aromatic rings. The van der Waals surface area contributed by atoms with E-state index >= 15 is 0 Å². The highest BCUT2D eigenvalue weighted by Gasteiger charge is 2.31. The maximum atomic E-state index is 14.0. The Balaban J connectivity index is 0.000000117. The molecule has 0 atom stereocenters. The normalized spacial score (nSPS) is 11.8. The van der Waals surface area contributed by atoms with Crippen LogP contribution in [0, 0.1) is 48.8 Å². The van der Waals surface area contributed by atoms with Crippen molar-refractivity contribution in [2.24, 2.45) is 0 Å². The summed E-state index contributed by atoms with van der Waals surface area (Å²) >= 11 is 0. The minimum Gasteiger partial charge on any atom is -0.497 e. The minimum absolute atomic E-state index is 0.147. The third kappa shape index (κ3) is 13.2. The topological polar surface area (TPSA) is 183 Å². The van der Waals surface area contributed by atoms with E-state index in [0.717, 1.165) is 174 Å². The van der Waals surface area contributed by atoms with Crippen molar-refractivity contribution in [3.63, 3.8) is 0 Å². The first kappa shape index (κ1) is 71.9. The molecule has 0 unspecified atom stereocenters. The quantitative estimate of drug-likeness (QED) is 0.106. The first-order chi connectivity index (χ1) is 56.6. The summed E-state index contributed by atoms with van der Waals surface area (Å²) in [6.07, 6.45) is -4.40. The molecule has 0 aliphatic heterocycles. The van der Waals surface area contributed by atoms with Crippen molar-refractivity contribution in [2.75, 3.05) is 21.3 Å². The fourth-order valence-corrected chi connectivity index (χ4v) is 14.2. The number of methoxy groups -OCH3 is 3. The van der Waals surface area contributed by atoms with E-state index in [9.17, 15) is 39.5 Å². The Labute approximate surface area is 654 Å². The van der Waals surface area contributed by atoms with Crippen LogP contribution in [0.25, 0.3) is 152 Å². The van der Waals surface area contributed by atoms with Gasteiger partial charge in [-0.25, -0.2) is 26.3 Å². The van der Waals surface area contributed by atoms with Gasteiger partial charge in [0.1, 0.15) is 52.2 Å². The second kappa shape index (κ2) is 28.1. The summed E-state index contributed by atoms with van der Waals surface area (Å²) in [5, 5.41) is 43.0. The van der Waals surface area contributed by atoms with Gasteiger partial charge in [0.25, 0.3) is 0 Å². The molecule has 576 valence electrons. The van der Waals surface area contributed by atoms with Crippen LogP contribution in [-0.2, 0) is 6.18 Å². The number of aryl methyl sites for hydroxylation is 2. The highest BCUT2D eigenvalue weighted by Crippen LogP contribution is 2.37. The molecule has 0 aliphatic rings. The largest absolute Gasteiger partial charge is 0.497 e. The van der Waals surface area contributed by atoms with Gasteiger partial charge in [0.15, 0.2) is 50.8 Å². The van der Waals surface area contributed by atoms with E-state index in [-0.39, 0.29) is 33.8 Å². The summed E-state index contributed by atoms with van der Waals surface area (Å²) in [6.45, 7) is 4.07. The molecule has 0 saturated heterocycles. The van der Waals surface area contributed by atoms with Crippen LogP contribution in [0.5, 0.6) is 17.2 Å². The monoisotopic (exact) mass is 1570 g/mol. The van der Waals surface area contributed by atoms with Crippen molar-refractivity contribution < 1.29 is 53.7 Å². The highest BCUT2D eigenvalue weighted by molar-refractivity contribution is 5.80. The zero-order chi connectivity index (χ0) is 80.4. The molecule has 117 heavy (non-hydrogen) atoms. The van der Waals surface area contributed by atoms with Gasteiger partial charge in [-0.3, -0.25) is 0 Å². The number of hydrogen-bond acceptors (Lipinski definition) is 12. The SMILES string of the molecule is COc1ccc(-c2cc3n(n2)c2cc(-c4ccc(OC)cc4)nn2c2cc(-c4ccc(OC)cc4)nn32)cc1.Cc1ccc(-c2cc3n(n2)c2cc(-c4ccc(C)cc4)nn2c2cc(-c4ccc(C(F)(F)F)cc4)nn32)cc1.Fc1cc(F)cc(-c2cc3n(n2)c2cc(-c4cc(F)cc(F)c4)nn2c2cc(-c4cc(F)cc(F)c4)nn32)c1. The number of rotatable bonds is 12. The molecule has 21 rings (SSSR count). The lowest BCUT2D eigenvalue weighted by Crippen LogP contribution is -2.04. The number of aromatic nitrogens is 18. The molecule has 0 N–H and O–H groups in total. The van der Waals surface area contributed by atoms with Gasteiger partial charge in [0.05, 0.1) is 78.1 Å². The standard InChI is InChI=1S/C30H21F3N6.C30H24N6O3.C27H12F6N6/c1-18-3-7-20(8-4-18)24-15-27-37-28(16-25(34-37)21-9-5-19(2)6-10-21)39-29(38(27)35-24)17-26(36-39)22-11-13-23(14-12-22)30(31,32)33;1-37-22-10-4-19(5-11-22)25-16-28-34(31-25)29-17-26(20-6-12-23(38-2)13-7-20)33-36(29)30-18-27(32-35(28)30)21-8-14-24(39-3)15-9-21;28-16-1-13(2-17(29)7-16)22-10-25-37(34-22)26-11-23(14-3-18(30)8-19(31)4-14)36-39(26)27-12-24(35-38(25)27)15-5-20(32)9-21(33)6-15/h3-17H,1-2H3;4-18H,1-3H3;1-12H. The Morgan fingerprint density at radius 3 is 0.547 bits per heavy atom. The van der Waals surface area contributed by atoms with E-state index in [0.29, 0.717) is 39.5 Å². The fourth-order valence-electron chi connectivity index (χ4n) is 14.2. The zero-order valence-electron chi connectivity index (χ0n) is 61.9. The Hall–Kier alpha value is -15.4. The number of benzene rings is 9. The maximum Gasteiger partial charge on any atom is 0.416 e. The molecule has 12 heterocycles. The van der Waals surface area contributed by atoms with E-state index in [2.05, 4.69) is 15.3 Å². The molecule has 9 aromatic carbocycles. The van der Waals surface area contributed by atoms with Crippen molar-refractivity contribution in [1.82, 2.24) is 86.5 Å². The number of hydrogen-bond donors (Lipinski definition) is 0. The highest BCUT2D eigenvalue weighted by atomic mass is 19.4. The molecule has 0 fully saturated rings. The van der Waals surface area contributed by atoms with Gasteiger partial charge in [-0.05, 0) is 135 Å². The Morgan fingerprint density at radius 1 is 0.214 bits per heavy atom. The van der Waals surface area contributed by atoms with Crippen LogP contribution in [0.1, 0.15) is 16.7 Å². The van der Waals surface area contributed by atoms with Gasteiger partial charge in [0.2, 0.25) is 0 Å². The molecule has 21 nitrogen and oxygen atoms in total. The van der Waals surface area contributed by atoms with Crippen LogP contribution >= 0.6 is 0 Å². The molecule has 0 amide bonds. The van der Waals surface area contributed by atoms with Gasteiger partial charge in [0, 0.05) is 123 Å². The van der Waals surface area contributed by atoms with E-state index in [4.69, 9.17) is 44.8 Å². The van der Waals surface area contributed by atoms with E-state index in [1.54, 1.807) is 34.9 Å². The maximum absolute atomic E-state index is 14.0. The first-order valence-electron chi connectivity index (χ1n) is 36.2. The molecule has 0 bridgehead atoms. The Kier molecular flexibility index (Phi) is 17.3. The number of fused-ring (bicyclic) bond motifs is 18. The van der Waals surface area contributed by atoms with Crippen molar-refractivity contribution in [1.29, 1.82) is 0 Å². The second-order valence-corrected chi connectivity index (χ2v) is 27.7. The third-order valence-electron chi connectivity index (χ3n) is 20.0. The Morgan fingerprint density at radius 2 is 0.376 bits per heavy atom. The summed E-state index contributed by atoms with van der Waals surface area (Å²) < 4.78 is 154. The first-order valence-corrected chi connectivity index (χ1v) is 36.2. The minimum atomic E-state index is -4.40. The number of nitrogens with zero attached hydrogens (tertiary/aromatic N) is 18. The molecular weight excluding hydrogens is 1520 g/mol. The van der Waals surface area contributed by atoms with Crippen molar-refractivity contribution in [3.05, 3.63) is 306 Å². The van der Waals surface area contributed by atoms with Crippen LogP contribution in [0.4, 0.5) is 39.5 Å². The molecule has 0 aliphatic carbocycles. The summed E-state index contributed by atoms with van der Waals surface area (Å²) in [5.41, 5.74) is 18.1. The van der Waals surface area contributed by atoms with Crippen LogP contribution in [0.2, 0.25) is 0 Å². The van der Waals surface area contributed by atoms with Gasteiger partial charge < -0.3 is 14.2 Å². The predicted molar refractivity (Wildman–Crippen MR) is 421 cm³/mol. The van der Waals surface area contributed by atoms with Gasteiger partial charge in [-0.1, -0.05) is 71.8 Å². The summed E-state index contributed by atoms with van der Waals surface area (Å²) in [7, 11) is 4.97. The van der Waals surface area contributed by atoms with Gasteiger partial charge in [-0.15, -0.1) is 0 Å². The average molecular weight is 1570 g/mol. The van der Waals surface area contributed by atoms with Gasteiger partial charge in [-0.2, -0.15) is 99.7 Å². The van der Waals surface area contributed by atoms with E-state index < -0.39 is 46.6 Å². The summed E-state index contributed by atoms with van der Waals surface area (Å²) in [4.78, 5) is 0. The number of ether oxygens (including phenoxy) is 3. The lowest BCUT2D eigenvalue weighted by Gasteiger charge is -2.06. The lowest BCUT2D eigenvalue weighted by molar-refractivity contribution is -0.137. The average Bonchev–Trinajstić information content (AvgIpc) is 1.58. The van der Waals surface area contributed by atoms with Crippen LogP contribution in [0.15, 0.2) is 255 Å². The van der Waals surface area contributed by atoms with Crippen molar-refractivity contribution >= 4 is 50.8 Å². The molecule has 30 heteroatoms. The molecule has 0 radical (unpaired) electrons. The smallest absolute Gasteiger partial charge is 0.416 e. The van der Waals surface area contributed by atoms with Crippen molar-refractivity contribution in [3.8, 4) is 119 Å². The molecule has 12 aromatic heterocycles. The van der Waals surface area contributed by atoms with Crippen LogP contribution in [0.3, 0.4) is 0 Å². The number of halogens is 9. The second-order valence-electron chi connectivity index (χ2n) is 27.7. The number of alkyl halides is 3. The third-order valence-corrected chi connectivity index (χ3v) is 20.0. The Bertz CT molecular complexity index is 6630. The summed E-state index contributed by atoms with van der Waals surface area (Å²) in [5.74, 6) is -2.41. The fraction of sp³-hybridized carbons (Fsp3) is 0.0690. The van der Waals surface area contributed by atoms with E-state index in [1.165, 1.54) is 43.9 Å². The van der Waals surface area contributed by atoms with Crippen molar-refractivity contribution in [2.45, 2.75) is 20.0 Å². The summed E-state index contributed by atoms with van der Waals surface area (Å²) in [6, 6.07) is 70.2. The predicted octanol–water partition coefficient (Wildman–Crippen LogP) is 19.4.